The molecule has 2 atom stereocenters. The molecule has 6 heteroatoms. The Kier molecular flexibility index (Phi) is 4.92. The van der Waals surface area contributed by atoms with Crippen molar-refractivity contribution in [3.05, 3.63) is 52.1 Å². The number of rotatable bonds is 4. The van der Waals surface area contributed by atoms with Crippen molar-refractivity contribution in [3.8, 4) is 17.5 Å². The number of fused-ring (bicyclic) bond motifs is 1. The molecule has 1 aromatic carbocycles. The van der Waals surface area contributed by atoms with E-state index in [1.807, 2.05) is 26.0 Å². The third-order valence-corrected chi connectivity index (χ3v) is 5.77. The van der Waals surface area contributed by atoms with Crippen molar-refractivity contribution in [1.82, 2.24) is 9.36 Å². The van der Waals surface area contributed by atoms with Crippen molar-refractivity contribution in [1.29, 1.82) is 5.26 Å². The van der Waals surface area contributed by atoms with Crippen molar-refractivity contribution in [2.75, 3.05) is 0 Å². The number of hydrogen-bond donors (Lipinski definition) is 1. The predicted octanol–water partition coefficient (Wildman–Crippen LogP) is 4.18. The first-order chi connectivity index (χ1) is 13.1. The number of benzene rings is 1. The van der Waals surface area contributed by atoms with Crippen LogP contribution in [0.2, 0.25) is 0 Å². The molecule has 4 rings (SSSR count). The lowest BCUT2D eigenvalue weighted by molar-refractivity contribution is 0.0327. The zero-order valence-electron chi connectivity index (χ0n) is 15.5. The Balaban J connectivity index is 1.62. The number of nitriles is 1. The molecule has 27 heavy (non-hydrogen) atoms. The van der Waals surface area contributed by atoms with Crippen molar-refractivity contribution < 1.29 is 4.74 Å². The summed E-state index contributed by atoms with van der Waals surface area (Å²) < 4.78 is 10.4. The van der Waals surface area contributed by atoms with Crippen LogP contribution in [0.3, 0.4) is 0 Å². The van der Waals surface area contributed by atoms with Crippen LogP contribution in [0.4, 0.5) is 0 Å². The van der Waals surface area contributed by atoms with Gasteiger partial charge in [0.05, 0.1) is 23.9 Å². The first kappa shape index (κ1) is 18.1. The zero-order valence-corrected chi connectivity index (χ0v) is 16.3. The lowest BCUT2D eigenvalue weighted by atomic mass is 9.97. The Bertz CT molecular complexity index is 967. The van der Waals surface area contributed by atoms with Gasteiger partial charge < -0.3 is 10.5 Å². The second-order valence-corrected chi connectivity index (χ2v) is 7.97. The first-order valence-electron chi connectivity index (χ1n) is 9.26. The van der Waals surface area contributed by atoms with E-state index in [2.05, 4.69) is 28.7 Å². The van der Waals surface area contributed by atoms with Crippen molar-refractivity contribution >= 4 is 17.1 Å². The summed E-state index contributed by atoms with van der Waals surface area (Å²) in [5.74, 6) is 0.745. The summed E-state index contributed by atoms with van der Waals surface area (Å²) in [7, 11) is 0. The number of hydrogen-bond acceptors (Lipinski definition) is 6. The third kappa shape index (κ3) is 3.46. The van der Waals surface area contributed by atoms with Gasteiger partial charge in [-0.25, -0.2) is 4.98 Å². The van der Waals surface area contributed by atoms with Gasteiger partial charge in [0.2, 0.25) is 0 Å². The topological polar surface area (TPSA) is 84.8 Å². The molecular formula is C21H22N4OS. The molecule has 2 aliphatic rings. The molecule has 0 spiro atoms. The Labute approximate surface area is 163 Å². The minimum absolute atomic E-state index is 0.0846. The molecule has 1 aromatic heterocycles. The van der Waals surface area contributed by atoms with Crippen LogP contribution < -0.4 is 5.73 Å². The molecule has 1 heterocycles. The van der Waals surface area contributed by atoms with Crippen LogP contribution in [0, 0.1) is 11.3 Å². The highest BCUT2D eigenvalue weighted by molar-refractivity contribution is 7.06. The molecular weight excluding hydrogens is 356 g/mol. The molecule has 0 saturated heterocycles. The third-order valence-electron chi connectivity index (χ3n) is 5.01. The Morgan fingerprint density at radius 1 is 1.37 bits per heavy atom. The van der Waals surface area contributed by atoms with Gasteiger partial charge in [-0.3, -0.25) is 0 Å². The Morgan fingerprint density at radius 2 is 2.22 bits per heavy atom. The van der Waals surface area contributed by atoms with Gasteiger partial charge in [0, 0.05) is 17.2 Å². The summed E-state index contributed by atoms with van der Waals surface area (Å²) in [6.45, 7) is 3.96. The second kappa shape index (κ2) is 7.35. The van der Waals surface area contributed by atoms with Gasteiger partial charge in [0.25, 0.3) is 0 Å². The van der Waals surface area contributed by atoms with Crippen molar-refractivity contribution in [3.63, 3.8) is 0 Å². The summed E-state index contributed by atoms with van der Waals surface area (Å²) in [6, 6.07) is 8.58. The summed E-state index contributed by atoms with van der Waals surface area (Å²) in [6.07, 6.45) is 6.50. The molecule has 0 amide bonds. The van der Waals surface area contributed by atoms with Crippen LogP contribution in [0.5, 0.6) is 0 Å². The van der Waals surface area contributed by atoms with E-state index in [0.29, 0.717) is 12.0 Å². The van der Waals surface area contributed by atoms with Crippen LogP contribution in [0.25, 0.3) is 17.0 Å². The quantitative estimate of drug-likeness (QED) is 0.862. The summed E-state index contributed by atoms with van der Waals surface area (Å²) in [5, 5.41) is 10.3. The van der Waals surface area contributed by atoms with Crippen molar-refractivity contribution in [2.24, 2.45) is 5.73 Å². The standard InChI is InChI=1S/C21H22N4OS/c1-12(2)26-19-9-6-13(10-14(19)11-22)21-24-20(25-27-21)17-5-3-4-16-15(17)7-8-18(16)23/h3-6,10,12,18-19H,7-9,23H2,1-2H3/t18-,19?/m0/s1. The summed E-state index contributed by atoms with van der Waals surface area (Å²) >= 11 is 1.37. The highest BCUT2D eigenvalue weighted by Gasteiger charge is 2.25. The molecule has 5 nitrogen and oxygen atoms in total. The number of nitrogens with two attached hydrogens (primary N) is 1. The van der Waals surface area contributed by atoms with Gasteiger partial charge in [-0.15, -0.1) is 0 Å². The van der Waals surface area contributed by atoms with Gasteiger partial charge >= 0.3 is 0 Å². The van der Waals surface area contributed by atoms with Gasteiger partial charge in [0.1, 0.15) is 5.01 Å². The average molecular weight is 379 g/mol. The monoisotopic (exact) mass is 378 g/mol. The van der Waals surface area contributed by atoms with Crippen molar-refractivity contribution in [2.45, 2.75) is 51.4 Å². The minimum Gasteiger partial charge on any atom is -0.370 e. The van der Waals surface area contributed by atoms with Crippen LogP contribution in [0.15, 0.2) is 35.9 Å². The molecule has 0 aliphatic heterocycles. The van der Waals surface area contributed by atoms with Crippen LogP contribution in [-0.2, 0) is 11.2 Å². The zero-order chi connectivity index (χ0) is 19.0. The van der Waals surface area contributed by atoms with E-state index in [9.17, 15) is 5.26 Å². The molecule has 0 fully saturated rings. The van der Waals surface area contributed by atoms with Gasteiger partial charge in [-0.1, -0.05) is 24.3 Å². The number of nitrogens with zero attached hydrogens (tertiary/aromatic N) is 3. The van der Waals surface area contributed by atoms with E-state index in [-0.39, 0.29) is 18.2 Å². The van der Waals surface area contributed by atoms with Gasteiger partial charge in [-0.2, -0.15) is 9.64 Å². The highest BCUT2D eigenvalue weighted by atomic mass is 32.1. The van der Waals surface area contributed by atoms with Gasteiger partial charge in [-0.05, 0) is 61.8 Å². The molecule has 2 aromatic rings. The minimum atomic E-state index is -0.176. The fourth-order valence-electron chi connectivity index (χ4n) is 3.74. The lowest BCUT2D eigenvalue weighted by Gasteiger charge is -2.21. The maximum absolute atomic E-state index is 9.48. The Hall–Kier alpha value is -2.33. The highest BCUT2D eigenvalue weighted by Crippen LogP contribution is 2.37. The maximum atomic E-state index is 9.48. The number of allylic oxidation sites excluding steroid dienone is 2. The summed E-state index contributed by atoms with van der Waals surface area (Å²) in [4.78, 5) is 4.76. The largest absolute Gasteiger partial charge is 0.370 e. The van der Waals surface area contributed by atoms with E-state index in [0.717, 1.165) is 34.8 Å². The molecule has 0 radical (unpaired) electrons. The van der Waals surface area contributed by atoms with E-state index < -0.39 is 0 Å². The lowest BCUT2D eigenvalue weighted by Crippen LogP contribution is -2.21. The SMILES string of the molecule is CC(C)OC1CC=C(c2nc(-c3cccc4c3CC[C@@H]4N)ns2)C=C1C#N. The normalized spacial score (nSPS) is 21.6. The molecule has 138 valence electrons. The molecule has 2 N–H and O–H groups in total. The average Bonchev–Trinajstić information content (AvgIpc) is 3.29. The fourth-order valence-corrected chi connectivity index (χ4v) is 4.42. The predicted molar refractivity (Wildman–Crippen MR) is 107 cm³/mol. The molecule has 1 unspecified atom stereocenters. The first-order valence-corrected chi connectivity index (χ1v) is 10.0. The van der Waals surface area contributed by atoms with E-state index in [4.69, 9.17) is 15.5 Å². The fraction of sp³-hybridized carbons (Fsp3) is 0.381. The maximum Gasteiger partial charge on any atom is 0.173 e. The van der Waals surface area contributed by atoms with Crippen LogP contribution in [0.1, 0.15) is 48.9 Å². The van der Waals surface area contributed by atoms with E-state index >= 15 is 0 Å². The second-order valence-electron chi connectivity index (χ2n) is 7.22. The Morgan fingerprint density at radius 3 is 3.00 bits per heavy atom. The molecule has 0 bridgehead atoms. The number of aromatic nitrogens is 2. The molecule has 0 saturated carbocycles. The molecule has 2 aliphatic carbocycles. The summed E-state index contributed by atoms with van der Waals surface area (Å²) in [5.41, 5.74) is 11.3. The van der Waals surface area contributed by atoms with Gasteiger partial charge in [0.15, 0.2) is 5.82 Å². The smallest absolute Gasteiger partial charge is 0.173 e. The van der Waals surface area contributed by atoms with Crippen LogP contribution >= 0.6 is 11.5 Å². The van der Waals surface area contributed by atoms with Crippen LogP contribution in [-0.4, -0.2) is 21.6 Å². The van der Waals surface area contributed by atoms with E-state index in [1.165, 1.54) is 22.7 Å². The van der Waals surface area contributed by atoms with E-state index in [1.54, 1.807) is 0 Å². The number of ether oxygens (including phenoxy) is 1.